The van der Waals surface area contributed by atoms with Crippen LogP contribution in [0, 0.1) is 6.92 Å². The second-order valence-electron chi connectivity index (χ2n) is 6.42. The third kappa shape index (κ3) is 3.60. The zero-order valence-electron chi connectivity index (χ0n) is 15.9. The average Bonchev–Trinajstić information content (AvgIpc) is 2.77. The number of pyridine rings is 2. The Hall–Kier alpha value is -3.93. The number of aryl methyl sites for hydroxylation is 1. The monoisotopic (exact) mass is 386 g/mol. The highest BCUT2D eigenvalue weighted by molar-refractivity contribution is 5.98. The normalized spacial score (nSPS) is 10.7. The molecule has 0 aliphatic carbocycles. The fraction of sp³-hybridized carbons (Fsp3) is 0.0870. The van der Waals surface area contributed by atoms with Gasteiger partial charge in [-0.1, -0.05) is 42.5 Å². The number of methoxy groups -OCH3 is 1. The molecule has 2 heterocycles. The van der Waals surface area contributed by atoms with E-state index in [1.165, 1.54) is 7.11 Å². The van der Waals surface area contributed by atoms with Gasteiger partial charge in [0, 0.05) is 11.5 Å². The van der Waals surface area contributed by atoms with Crippen LogP contribution in [0.15, 0.2) is 66.7 Å². The van der Waals surface area contributed by atoms with Crippen LogP contribution in [0.1, 0.15) is 16.2 Å². The summed E-state index contributed by atoms with van der Waals surface area (Å²) in [7, 11) is 1.24. The predicted molar refractivity (Wildman–Crippen MR) is 109 cm³/mol. The van der Waals surface area contributed by atoms with E-state index in [9.17, 15) is 9.90 Å². The summed E-state index contributed by atoms with van der Waals surface area (Å²) >= 11 is 0. The first-order valence-corrected chi connectivity index (χ1v) is 8.99. The molecule has 0 spiro atoms. The van der Waals surface area contributed by atoms with E-state index < -0.39 is 5.97 Å². The standard InChI is InChI=1S/C23H18N2O4/c1-14-20-18(22(26)21(24-14)23(27)28-2)12-13-19(25-20)29-17-10-8-16(9-11-17)15-6-4-3-5-7-15/h3-13,26H,1-2H3. The zero-order chi connectivity index (χ0) is 20.4. The minimum atomic E-state index is -0.702. The van der Waals surface area contributed by atoms with E-state index in [2.05, 4.69) is 14.7 Å². The number of benzene rings is 2. The Bertz CT molecular complexity index is 1190. The van der Waals surface area contributed by atoms with Crippen LogP contribution in [-0.4, -0.2) is 28.2 Å². The first kappa shape index (κ1) is 18.4. The second-order valence-corrected chi connectivity index (χ2v) is 6.42. The van der Waals surface area contributed by atoms with E-state index in [1.54, 1.807) is 19.1 Å². The van der Waals surface area contributed by atoms with Crippen LogP contribution in [0.4, 0.5) is 0 Å². The molecule has 0 atom stereocenters. The number of ether oxygens (including phenoxy) is 2. The summed E-state index contributed by atoms with van der Waals surface area (Å²) in [6.45, 7) is 1.71. The number of aromatic hydroxyl groups is 1. The van der Waals surface area contributed by atoms with Crippen molar-refractivity contribution in [2.75, 3.05) is 7.11 Å². The number of carbonyl (C=O) groups excluding carboxylic acids is 1. The molecule has 0 amide bonds. The number of fused-ring (bicyclic) bond motifs is 1. The smallest absolute Gasteiger partial charge is 0.360 e. The summed E-state index contributed by atoms with van der Waals surface area (Å²) in [6.07, 6.45) is 0. The topological polar surface area (TPSA) is 81.5 Å². The minimum Gasteiger partial charge on any atom is -0.505 e. The summed E-state index contributed by atoms with van der Waals surface area (Å²) in [4.78, 5) is 20.3. The summed E-state index contributed by atoms with van der Waals surface area (Å²) in [5.74, 6) is 0.0349. The van der Waals surface area contributed by atoms with Gasteiger partial charge in [-0.15, -0.1) is 0 Å². The van der Waals surface area contributed by atoms with Gasteiger partial charge in [0.2, 0.25) is 5.88 Å². The van der Waals surface area contributed by atoms with Crippen LogP contribution >= 0.6 is 0 Å². The fourth-order valence-corrected chi connectivity index (χ4v) is 3.07. The molecule has 4 aromatic rings. The molecule has 6 heteroatoms. The molecule has 0 bridgehead atoms. The molecule has 2 aromatic carbocycles. The van der Waals surface area contributed by atoms with Crippen molar-refractivity contribution >= 4 is 16.9 Å². The van der Waals surface area contributed by atoms with E-state index in [-0.39, 0.29) is 11.4 Å². The first-order valence-electron chi connectivity index (χ1n) is 8.99. The number of rotatable bonds is 4. The Labute approximate surface area is 167 Å². The summed E-state index contributed by atoms with van der Waals surface area (Å²) in [5, 5.41) is 10.8. The van der Waals surface area contributed by atoms with Crippen molar-refractivity contribution in [2.24, 2.45) is 0 Å². The Morgan fingerprint density at radius 2 is 1.59 bits per heavy atom. The minimum absolute atomic E-state index is 0.135. The van der Waals surface area contributed by atoms with E-state index in [0.717, 1.165) is 11.1 Å². The molecule has 0 saturated carbocycles. The van der Waals surface area contributed by atoms with Gasteiger partial charge in [-0.2, -0.15) is 0 Å². The van der Waals surface area contributed by atoms with Gasteiger partial charge in [-0.05, 0) is 36.2 Å². The van der Waals surface area contributed by atoms with Crippen molar-refractivity contribution in [3.8, 4) is 28.5 Å². The SMILES string of the molecule is COC(=O)c1nc(C)c2nc(Oc3ccc(-c4ccccc4)cc3)ccc2c1O. The maximum atomic E-state index is 11.8. The molecule has 0 aliphatic heterocycles. The Morgan fingerprint density at radius 3 is 2.28 bits per heavy atom. The van der Waals surface area contributed by atoms with Crippen molar-refractivity contribution in [3.63, 3.8) is 0 Å². The summed E-state index contributed by atoms with van der Waals surface area (Å²) in [6, 6.07) is 21.0. The highest BCUT2D eigenvalue weighted by Gasteiger charge is 2.19. The average molecular weight is 386 g/mol. The first-order chi connectivity index (χ1) is 14.1. The third-order valence-electron chi connectivity index (χ3n) is 4.53. The summed E-state index contributed by atoms with van der Waals surface area (Å²) < 4.78 is 10.5. The van der Waals surface area contributed by atoms with Gasteiger partial charge in [0.1, 0.15) is 5.75 Å². The Kier molecular flexibility index (Phi) is 4.83. The molecule has 2 aromatic heterocycles. The molecule has 4 rings (SSSR count). The molecule has 0 unspecified atom stereocenters. The van der Waals surface area contributed by atoms with Gasteiger partial charge in [-0.25, -0.2) is 14.8 Å². The lowest BCUT2D eigenvalue weighted by atomic mass is 10.1. The van der Waals surface area contributed by atoms with Gasteiger partial charge in [-0.3, -0.25) is 0 Å². The molecular formula is C23H18N2O4. The maximum absolute atomic E-state index is 11.8. The molecular weight excluding hydrogens is 368 g/mol. The number of nitrogens with zero attached hydrogens (tertiary/aromatic N) is 2. The number of hydrogen-bond acceptors (Lipinski definition) is 6. The molecule has 29 heavy (non-hydrogen) atoms. The second kappa shape index (κ2) is 7.59. The molecule has 0 radical (unpaired) electrons. The van der Waals surface area contributed by atoms with Gasteiger partial charge < -0.3 is 14.6 Å². The van der Waals surface area contributed by atoms with E-state index >= 15 is 0 Å². The highest BCUT2D eigenvalue weighted by Crippen LogP contribution is 2.32. The fourth-order valence-electron chi connectivity index (χ4n) is 3.07. The van der Waals surface area contributed by atoms with Crippen molar-refractivity contribution in [1.82, 2.24) is 9.97 Å². The van der Waals surface area contributed by atoms with E-state index in [0.29, 0.717) is 28.2 Å². The number of carbonyl (C=O) groups is 1. The zero-order valence-corrected chi connectivity index (χ0v) is 15.9. The van der Waals surface area contributed by atoms with Crippen molar-refractivity contribution in [3.05, 3.63) is 78.1 Å². The van der Waals surface area contributed by atoms with Crippen LogP contribution in [0.2, 0.25) is 0 Å². The van der Waals surface area contributed by atoms with Crippen LogP contribution in [0.25, 0.3) is 22.0 Å². The Balaban J connectivity index is 1.63. The molecule has 144 valence electrons. The number of hydrogen-bond donors (Lipinski definition) is 1. The molecule has 1 N–H and O–H groups in total. The van der Waals surface area contributed by atoms with Gasteiger partial charge in [0.15, 0.2) is 11.4 Å². The molecule has 0 aliphatic rings. The summed E-state index contributed by atoms with van der Waals surface area (Å²) in [5.41, 5.74) is 3.02. The van der Waals surface area contributed by atoms with E-state index in [1.807, 2.05) is 54.6 Å². The quantitative estimate of drug-likeness (QED) is 0.503. The maximum Gasteiger partial charge on any atom is 0.360 e. The lowest BCUT2D eigenvalue weighted by Crippen LogP contribution is -2.07. The van der Waals surface area contributed by atoms with Gasteiger partial charge >= 0.3 is 5.97 Å². The molecule has 6 nitrogen and oxygen atoms in total. The number of esters is 1. The van der Waals surface area contributed by atoms with Gasteiger partial charge in [0.05, 0.1) is 18.3 Å². The largest absolute Gasteiger partial charge is 0.505 e. The van der Waals surface area contributed by atoms with Crippen molar-refractivity contribution in [2.45, 2.75) is 6.92 Å². The Morgan fingerprint density at radius 1 is 0.897 bits per heavy atom. The molecule has 0 saturated heterocycles. The molecule has 0 fully saturated rings. The van der Waals surface area contributed by atoms with Gasteiger partial charge in [0.25, 0.3) is 0 Å². The number of aromatic nitrogens is 2. The van der Waals surface area contributed by atoms with Crippen LogP contribution in [-0.2, 0) is 4.74 Å². The van der Waals surface area contributed by atoms with Crippen LogP contribution in [0.3, 0.4) is 0 Å². The van der Waals surface area contributed by atoms with Crippen LogP contribution < -0.4 is 4.74 Å². The van der Waals surface area contributed by atoms with E-state index in [4.69, 9.17) is 4.74 Å². The third-order valence-corrected chi connectivity index (χ3v) is 4.53. The predicted octanol–water partition coefficient (Wildman–Crippen LogP) is 4.89. The van der Waals surface area contributed by atoms with Crippen molar-refractivity contribution in [1.29, 1.82) is 0 Å². The highest BCUT2D eigenvalue weighted by atomic mass is 16.5. The lowest BCUT2D eigenvalue weighted by molar-refractivity contribution is 0.0590. The van der Waals surface area contributed by atoms with Crippen LogP contribution in [0.5, 0.6) is 17.4 Å². The van der Waals surface area contributed by atoms with Crippen molar-refractivity contribution < 1.29 is 19.4 Å². The lowest BCUT2D eigenvalue weighted by Gasteiger charge is -2.10.